The molecule has 0 saturated heterocycles. The molecule has 3 nitrogen and oxygen atoms in total. The van der Waals surface area contributed by atoms with E-state index in [1.807, 2.05) is 17.5 Å². The lowest BCUT2D eigenvalue weighted by atomic mass is 10.0. The fourth-order valence-electron chi connectivity index (χ4n) is 1.80. The molecule has 0 saturated carbocycles. The van der Waals surface area contributed by atoms with Gasteiger partial charge in [0.25, 0.3) is 0 Å². The minimum atomic E-state index is -1.24. The summed E-state index contributed by atoms with van der Waals surface area (Å²) in [5.41, 5.74) is 2.59. The Morgan fingerprint density at radius 1 is 1.28 bits per heavy atom. The number of aryl methyl sites for hydroxylation is 2. The van der Waals surface area contributed by atoms with Gasteiger partial charge in [0.05, 0.1) is 4.90 Å². The number of hydrogen-bond donors (Lipinski definition) is 1. The second-order valence-corrected chi connectivity index (χ2v) is 5.95. The molecule has 2 rings (SSSR count). The van der Waals surface area contributed by atoms with Gasteiger partial charge in [0.2, 0.25) is 0 Å². The van der Waals surface area contributed by atoms with Crippen LogP contribution < -0.4 is 4.72 Å². The van der Waals surface area contributed by atoms with Gasteiger partial charge >= 0.3 is 0 Å². The minimum Gasteiger partial charge on any atom is -0.277 e. The van der Waals surface area contributed by atoms with E-state index < -0.39 is 11.0 Å². The molecule has 1 N–H and O–H groups in total. The second kappa shape index (κ2) is 6.11. The van der Waals surface area contributed by atoms with Crippen molar-refractivity contribution in [3.8, 4) is 0 Å². The van der Waals surface area contributed by atoms with Gasteiger partial charge in [0.1, 0.15) is 0 Å². The Morgan fingerprint density at radius 2 is 2.06 bits per heavy atom. The van der Waals surface area contributed by atoms with Crippen molar-refractivity contribution >= 4 is 27.5 Å². The highest BCUT2D eigenvalue weighted by Gasteiger charge is 2.08. The predicted molar refractivity (Wildman–Crippen MR) is 77.3 cm³/mol. The van der Waals surface area contributed by atoms with Gasteiger partial charge in [-0.05, 0) is 36.1 Å². The summed E-state index contributed by atoms with van der Waals surface area (Å²) in [4.78, 5) is 4.88. The third-order valence-electron chi connectivity index (χ3n) is 2.77. The Bertz CT molecular complexity index is 538. The number of nitrogens with zero attached hydrogens (tertiary/aromatic N) is 1. The number of anilines is 1. The van der Waals surface area contributed by atoms with Gasteiger partial charge in [-0.15, -0.1) is 11.3 Å². The molecule has 2 aromatic rings. The van der Waals surface area contributed by atoms with Crippen LogP contribution in [0.15, 0.2) is 34.7 Å². The van der Waals surface area contributed by atoms with Crippen LogP contribution in [0.5, 0.6) is 0 Å². The lowest BCUT2D eigenvalue weighted by molar-refractivity contribution is 0.686. The van der Waals surface area contributed by atoms with Crippen molar-refractivity contribution in [3.63, 3.8) is 0 Å². The molecule has 1 heterocycles. The van der Waals surface area contributed by atoms with Gasteiger partial charge in [-0.2, -0.15) is 0 Å². The number of nitrogens with one attached hydrogen (secondary N) is 1. The first-order valence-electron chi connectivity index (χ1n) is 5.94. The first-order chi connectivity index (χ1) is 8.74. The fourth-order valence-corrected chi connectivity index (χ4v) is 3.37. The first-order valence-corrected chi connectivity index (χ1v) is 7.97. The average molecular weight is 280 g/mol. The molecule has 1 atom stereocenters. The first kappa shape index (κ1) is 13.2. The minimum absolute atomic E-state index is 0.686. The molecule has 0 radical (unpaired) electrons. The smallest absolute Gasteiger partial charge is 0.194 e. The SMILES string of the molecule is CCc1ccc(S(=O)Nc2nccs2)cc1CC. The van der Waals surface area contributed by atoms with Crippen molar-refractivity contribution in [3.05, 3.63) is 40.9 Å². The van der Waals surface area contributed by atoms with E-state index in [4.69, 9.17) is 0 Å². The van der Waals surface area contributed by atoms with Gasteiger partial charge < -0.3 is 0 Å². The maximum absolute atomic E-state index is 12.1. The van der Waals surface area contributed by atoms with E-state index in [1.54, 1.807) is 6.20 Å². The second-order valence-electron chi connectivity index (χ2n) is 3.85. The van der Waals surface area contributed by atoms with Crippen LogP contribution in [0, 0.1) is 0 Å². The van der Waals surface area contributed by atoms with E-state index in [9.17, 15) is 4.21 Å². The van der Waals surface area contributed by atoms with Crippen molar-refractivity contribution in [1.29, 1.82) is 0 Å². The van der Waals surface area contributed by atoms with Crippen molar-refractivity contribution in [2.24, 2.45) is 0 Å². The molecule has 1 aromatic heterocycles. The number of rotatable bonds is 5. The van der Waals surface area contributed by atoms with Gasteiger partial charge in [-0.25, -0.2) is 9.19 Å². The zero-order valence-electron chi connectivity index (χ0n) is 10.5. The van der Waals surface area contributed by atoms with E-state index in [0.29, 0.717) is 5.13 Å². The third-order valence-corrected chi connectivity index (χ3v) is 4.64. The molecular weight excluding hydrogens is 264 g/mol. The normalized spacial score (nSPS) is 12.3. The highest BCUT2D eigenvalue weighted by atomic mass is 32.2. The molecule has 0 bridgehead atoms. The van der Waals surface area contributed by atoms with Crippen LogP contribution in [-0.2, 0) is 23.8 Å². The monoisotopic (exact) mass is 280 g/mol. The highest BCUT2D eigenvalue weighted by Crippen LogP contribution is 2.19. The summed E-state index contributed by atoms with van der Waals surface area (Å²) in [7, 11) is -1.24. The molecule has 1 aromatic carbocycles. The summed E-state index contributed by atoms with van der Waals surface area (Å²) in [6.07, 6.45) is 3.67. The Kier molecular flexibility index (Phi) is 4.49. The van der Waals surface area contributed by atoms with Crippen molar-refractivity contribution < 1.29 is 4.21 Å². The molecule has 0 amide bonds. The average Bonchev–Trinajstić information content (AvgIpc) is 2.90. The molecule has 0 aliphatic rings. The van der Waals surface area contributed by atoms with Crippen LogP contribution in [0.3, 0.4) is 0 Å². The molecule has 18 heavy (non-hydrogen) atoms. The van der Waals surface area contributed by atoms with E-state index in [-0.39, 0.29) is 0 Å². The number of hydrogen-bond acceptors (Lipinski definition) is 3. The molecule has 0 spiro atoms. The van der Waals surface area contributed by atoms with E-state index >= 15 is 0 Å². The lowest BCUT2D eigenvalue weighted by Gasteiger charge is -2.09. The van der Waals surface area contributed by atoms with Crippen LogP contribution >= 0.6 is 11.3 Å². The number of thiazole rings is 1. The number of aromatic nitrogens is 1. The third kappa shape index (κ3) is 2.97. The maximum Gasteiger partial charge on any atom is 0.194 e. The molecule has 0 fully saturated rings. The summed E-state index contributed by atoms with van der Waals surface area (Å²) in [6.45, 7) is 4.26. The Labute approximate surface area is 114 Å². The molecule has 0 aliphatic carbocycles. The largest absolute Gasteiger partial charge is 0.277 e. The summed E-state index contributed by atoms with van der Waals surface area (Å²) >= 11 is 1.45. The predicted octanol–water partition coefficient (Wildman–Crippen LogP) is 3.40. The standard InChI is InChI=1S/C13H16N2OS2/c1-3-10-5-6-12(9-11(10)4-2)18(16)15-13-14-7-8-17-13/h5-9H,3-4H2,1-2H3,(H,14,15). The Balaban J connectivity index is 2.20. The zero-order chi connectivity index (χ0) is 13.0. The Hall–Kier alpha value is -1.20. The van der Waals surface area contributed by atoms with E-state index in [1.165, 1.54) is 22.5 Å². The molecule has 5 heteroatoms. The van der Waals surface area contributed by atoms with Crippen molar-refractivity contribution in [1.82, 2.24) is 4.98 Å². The molecule has 96 valence electrons. The topological polar surface area (TPSA) is 42.0 Å². The summed E-state index contributed by atoms with van der Waals surface area (Å²) in [5, 5.41) is 2.54. The molecule has 1 unspecified atom stereocenters. The molecular formula is C13H16N2OS2. The van der Waals surface area contributed by atoms with Gasteiger partial charge in [-0.1, -0.05) is 19.9 Å². The van der Waals surface area contributed by atoms with Gasteiger partial charge in [-0.3, -0.25) is 4.72 Å². The quantitative estimate of drug-likeness (QED) is 0.912. The van der Waals surface area contributed by atoms with E-state index in [0.717, 1.165) is 17.7 Å². The lowest BCUT2D eigenvalue weighted by Crippen LogP contribution is -2.05. The van der Waals surface area contributed by atoms with Crippen LogP contribution in [0.25, 0.3) is 0 Å². The molecule has 0 aliphatic heterocycles. The van der Waals surface area contributed by atoms with Gasteiger partial charge in [0, 0.05) is 11.6 Å². The number of benzene rings is 1. The van der Waals surface area contributed by atoms with Crippen LogP contribution in [0.4, 0.5) is 5.13 Å². The van der Waals surface area contributed by atoms with Crippen LogP contribution in [-0.4, -0.2) is 9.19 Å². The van der Waals surface area contributed by atoms with Crippen molar-refractivity contribution in [2.45, 2.75) is 31.6 Å². The van der Waals surface area contributed by atoms with Crippen LogP contribution in [0.2, 0.25) is 0 Å². The fraction of sp³-hybridized carbons (Fsp3) is 0.308. The summed E-state index contributed by atoms with van der Waals surface area (Å²) < 4.78 is 15.1. The van der Waals surface area contributed by atoms with Gasteiger partial charge in [0.15, 0.2) is 16.1 Å². The highest BCUT2D eigenvalue weighted by molar-refractivity contribution is 7.86. The van der Waals surface area contributed by atoms with Crippen LogP contribution in [0.1, 0.15) is 25.0 Å². The zero-order valence-corrected chi connectivity index (χ0v) is 12.1. The summed E-state index contributed by atoms with van der Waals surface area (Å²) in [5.74, 6) is 0. The van der Waals surface area contributed by atoms with Crippen molar-refractivity contribution in [2.75, 3.05) is 4.72 Å². The Morgan fingerprint density at radius 3 is 2.67 bits per heavy atom. The summed E-state index contributed by atoms with van der Waals surface area (Å²) in [6, 6.07) is 6.01. The van der Waals surface area contributed by atoms with E-state index in [2.05, 4.69) is 29.6 Å². The maximum atomic E-state index is 12.1.